The van der Waals surface area contributed by atoms with Crippen LogP contribution in [-0.4, -0.2) is 41.7 Å². The number of nitrogens with one attached hydrogen (secondary N) is 1. The second-order valence-electron chi connectivity index (χ2n) is 4.94. The molecule has 1 aromatic heterocycles. The van der Waals surface area contributed by atoms with E-state index in [1.165, 1.54) is 0 Å². The standard InChI is InChI=1S/C14H27N3O2S/c1-5-7-15-12(9-18-4)8-14-16-13(17-19-14)10-20-11(3)6-2/h11-12,15H,5-10H2,1-4H3. The molecule has 2 unspecified atom stereocenters. The molecule has 0 spiro atoms. The third-order valence-electron chi connectivity index (χ3n) is 3.05. The fourth-order valence-corrected chi connectivity index (χ4v) is 2.50. The number of methoxy groups -OCH3 is 1. The highest BCUT2D eigenvalue weighted by molar-refractivity contribution is 7.99. The summed E-state index contributed by atoms with van der Waals surface area (Å²) in [6.07, 6.45) is 2.97. The summed E-state index contributed by atoms with van der Waals surface area (Å²) < 4.78 is 10.5. The third-order valence-corrected chi connectivity index (χ3v) is 4.38. The van der Waals surface area contributed by atoms with Crippen LogP contribution in [0.3, 0.4) is 0 Å². The van der Waals surface area contributed by atoms with Crippen molar-refractivity contribution in [3.8, 4) is 0 Å². The molecule has 0 saturated heterocycles. The van der Waals surface area contributed by atoms with Gasteiger partial charge in [0.05, 0.1) is 12.4 Å². The first kappa shape index (κ1) is 17.5. The van der Waals surface area contributed by atoms with E-state index in [-0.39, 0.29) is 6.04 Å². The van der Waals surface area contributed by atoms with Crippen LogP contribution in [0.4, 0.5) is 0 Å². The molecular weight excluding hydrogens is 274 g/mol. The fraction of sp³-hybridized carbons (Fsp3) is 0.857. The van der Waals surface area contributed by atoms with Crippen LogP contribution >= 0.6 is 11.8 Å². The van der Waals surface area contributed by atoms with Crippen LogP contribution in [0.2, 0.25) is 0 Å². The van der Waals surface area contributed by atoms with E-state index in [1.54, 1.807) is 7.11 Å². The topological polar surface area (TPSA) is 60.2 Å². The molecule has 0 aliphatic rings. The van der Waals surface area contributed by atoms with Crippen LogP contribution < -0.4 is 5.32 Å². The normalized spacial score (nSPS) is 14.4. The zero-order valence-electron chi connectivity index (χ0n) is 13.0. The van der Waals surface area contributed by atoms with Crippen LogP contribution in [0.15, 0.2) is 4.52 Å². The SMILES string of the molecule is CCCNC(COC)Cc1nc(CSC(C)CC)no1. The van der Waals surface area contributed by atoms with Gasteiger partial charge in [0.2, 0.25) is 5.89 Å². The molecule has 0 amide bonds. The largest absolute Gasteiger partial charge is 0.383 e. The molecule has 0 aromatic carbocycles. The van der Waals surface area contributed by atoms with Crippen molar-refractivity contribution >= 4 is 11.8 Å². The van der Waals surface area contributed by atoms with Crippen molar-refractivity contribution < 1.29 is 9.26 Å². The minimum Gasteiger partial charge on any atom is -0.383 e. The van der Waals surface area contributed by atoms with Gasteiger partial charge in [0.25, 0.3) is 0 Å². The highest BCUT2D eigenvalue weighted by atomic mass is 32.2. The summed E-state index contributed by atoms with van der Waals surface area (Å²) in [4.78, 5) is 4.45. The van der Waals surface area contributed by atoms with Gasteiger partial charge in [-0.05, 0) is 19.4 Å². The second-order valence-corrected chi connectivity index (χ2v) is 6.37. The quantitative estimate of drug-likeness (QED) is 0.678. The monoisotopic (exact) mass is 301 g/mol. The Morgan fingerprint density at radius 1 is 1.40 bits per heavy atom. The molecule has 0 bridgehead atoms. The molecule has 0 fully saturated rings. The Kier molecular flexibility index (Phi) is 8.89. The lowest BCUT2D eigenvalue weighted by molar-refractivity contribution is 0.161. The number of hydrogen-bond acceptors (Lipinski definition) is 6. The van der Waals surface area contributed by atoms with E-state index in [9.17, 15) is 0 Å². The number of hydrogen-bond donors (Lipinski definition) is 1. The predicted octanol–water partition coefficient (Wildman–Crippen LogP) is 2.66. The molecule has 20 heavy (non-hydrogen) atoms. The van der Waals surface area contributed by atoms with Gasteiger partial charge in [-0.15, -0.1) is 0 Å². The first-order valence-corrected chi connectivity index (χ1v) is 8.39. The molecule has 0 aliphatic heterocycles. The number of thioether (sulfide) groups is 1. The molecule has 0 radical (unpaired) electrons. The lowest BCUT2D eigenvalue weighted by Gasteiger charge is -2.15. The molecule has 0 saturated carbocycles. The summed E-state index contributed by atoms with van der Waals surface area (Å²) in [5, 5.41) is 8.10. The Morgan fingerprint density at radius 3 is 2.85 bits per heavy atom. The zero-order chi connectivity index (χ0) is 14.8. The van der Waals surface area contributed by atoms with E-state index in [0.717, 1.165) is 37.4 Å². The molecule has 1 aromatic rings. The maximum absolute atomic E-state index is 5.32. The summed E-state index contributed by atoms with van der Waals surface area (Å²) in [5.41, 5.74) is 0. The zero-order valence-corrected chi connectivity index (χ0v) is 13.8. The molecular formula is C14H27N3O2S. The third kappa shape index (κ3) is 6.72. The maximum atomic E-state index is 5.32. The number of aromatic nitrogens is 2. The number of ether oxygens (including phenoxy) is 1. The van der Waals surface area contributed by atoms with Crippen molar-refractivity contribution in [1.29, 1.82) is 0 Å². The summed E-state index contributed by atoms with van der Waals surface area (Å²) in [6, 6.07) is 0.232. The summed E-state index contributed by atoms with van der Waals surface area (Å²) in [6.45, 7) is 8.18. The van der Waals surface area contributed by atoms with Gasteiger partial charge in [0, 0.05) is 24.8 Å². The minimum atomic E-state index is 0.232. The van der Waals surface area contributed by atoms with Crippen LogP contribution in [0, 0.1) is 0 Å². The van der Waals surface area contributed by atoms with Crippen molar-refractivity contribution in [2.24, 2.45) is 0 Å². The Labute approximate surface area is 126 Å². The first-order chi connectivity index (χ1) is 9.69. The van der Waals surface area contributed by atoms with Crippen molar-refractivity contribution in [3.05, 3.63) is 11.7 Å². The van der Waals surface area contributed by atoms with Gasteiger partial charge in [-0.25, -0.2) is 0 Å². The average molecular weight is 301 g/mol. The van der Waals surface area contributed by atoms with Crippen LogP contribution in [0.5, 0.6) is 0 Å². The van der Waals surface area contributed by atoms with E-state index in [4.69, 9.17) is 9.26 Å². The Balaban J connectivity index is 2.43. The van der Waals surface area contributed by atoms with Gasteiger partial charge in [0.15, 0.2) is 5.82 Å². The minimum absolute atomic E-state index is 0.232. The second kappa shape index (κ2) is 10.2. The highest BCUT2D eigenvalue weighted by Crippen LogP contribution is 2.18. The number of nitrogens with zero attached hydrogens (tertiary/aromatic N) is 2. The predicted molar refractivity (Wildman–Crippen MR) is 83.0 cm³/mol. The van der Waals surface area contributed by atoms with E-state index in [0.29, 0.717) is 17.7 Å². The molecule has 1 rings (SSSR count). The fourth-order valence-electron chi connectivity index (χ4n) is 1.72. The van der Waals surface area contributed by atoms with Crippen molar-refractivity contribution in [2.45, 2.75) is 57.1 Å². The maximum Gasteiger partial charge on any atom is 0.228 e. The van der Waals surface area contributed by atoms with Gasteiger partial charge in [-0.2, -0.15) is 16.7 Å². The summed E-state index contributed by atoms with van der Waals surface area (Å²) >= 11 is 1.86. The first-order valence-electron chi connectivity index (χ1n) is 7.34. The van der Waals surface area contributed by atoms with Gasteiger partial charge < -0.3 is 14.6 Å². The van der Waals surface area contributed by atoms with E-state index in [1.807, 2.05) is 11.8 Å². The molecule has 6 heteroatoms. The molecule has 2 atom stereocenters. The van der Waals surface area contributed by atoms with Gasteiger partial charge in [-0.3, -0.25) is 0 Å². The van der Waals surface area contributed by atoms with Gasteiger partial charge in [-0.1, -0.05) is 25.9 Å². The molecule has 116 valence electrons. The molecule has 1 N–H and O–H groups in total. The van der Waals surface area contributed by atoms with E-state index < -0.39 is 0 Å². The number of rotatable bonds is 11. The Morgan fingerprint density at radius 2 is 2.20 bits per heavy atom. The van der Waals surface area contributed by atoms with Crippen molar-refractivity contribution in [3.63, 3.8) is 0 Å². The molecule has 5 nitrogen and oxygen atoms in total. The van der Waals surface area contributed by atoms with Crippen molar-refractivity contribution in [1.82, 2.24) is 15.5 Å². The lowest BCUT2D eigenvalue weighted by Crippen LogP contribution is -2.35. The lowest BCUT2D eigenvalue weighted by atomic mass is 10.2. The molecule has 1 heterocycles. The van der Waals surface area contributed by atoms with E-state index >= 15 is 0 Å². The van der Waals surface area contributed by atoms with Gasteiger partial charge >= 0.3 is 0 Å². The van der Waals surface area contributed by atoms with Crippen LogP contribution in [0.25, 0.3) is 0 Å². The van der Waals surface area contributed by atoms with Gasteiger partial charge in [0.1, 0.15) is 0 Å². The van der Waals surface area contributed by atoms with Crippen molar-refractivity contribution in [2.75, 3.05) is 20.3 Å². The molecule has 0 aliphatic carbocycles. The highest BCUT2D eigenvalue weighted by Gasteiger charge is 2.14. The smallest absolute Gasteiger partial charge is 0.228 e. The Bertz CT molecular complexity index is 360. The summed E-state index contributed by atoms with van der Waals surface area (Å²) in [7, 11) is 1.71. The van der Waals surface area contributed by atoms with E-state index in [2.05, 4.69) is 36.2 Å². The Hall–Kier alpha value is -0.590. The summed E-state index contributed by atoms with van der Waals surface area (Å²) in [5.74, 6) is 2.29. The van der Waals surface area contributed by atoms with Crippen LogP contribution in [0.1, 0.15) is 45.3 Å². The van der Waals surface area contributed by atoms with Crippen LogP contribution in [-0.2, 0) is 16.9 Å². The average Bonchev–Trinajstić information content (AvgIpc) is 2.90.